The van der Waals surface area contributed by atoms with Crippen molar-refractivity contribution in [3.05, 3.63) is 30.2 Å². The molecule has 1 aliphatic rings. The lowest BCUT2D eigenvalue weighted by Gasteiger charge is -2.08. The molecule has 1 fully saturated rings. The van der Waals surface area contributed by atoms with Crippen LogP contribution in [0.15, 0.2) is 28.7 Å². The van der Waals surface area contributed by atoms with E-state index in [4.69, 9.17) is 13.9 Å². The Balaban J connectivity index is 1.63. The number of ether oxygens (including phenoxy) is 2. The summed E-state index contributed by atoms with van der Waals surface area (Å²) in [5, 5.41) is 10.4. The van der Waals surface area contributed by atoms with E-state index in [1.807, 2.05) is 0 Å². The standard InChI is InChI=1S/C15H17N3O4/c1-20-11-6-4-10(5-7-11)14-17-18-15(22-14)13(19)16-9-12-3-2-8-21-12/h4-7,12H,2-3,8-9H2,1H3,(H,16,19). The van der Waals surface area contributed by atoms with Gasteiger partial charge in [-0.15, -0.1) is 10.2 Å². The van der Waals surface area contributed by atoms with Gasteiger partial charge in [-0.25, -0.2) is 0 Å². The molecule has 2 heterocycles. The SMILES string of the molecule is COc1ccc(-c2nnc(C(=O)NCC3CCCO3)o2)cc1. The zero-order valence-corrected chi connectivity index (χ0v) is 12.2. The topological polar surface area (TPSA) is 86.5 Å². The largest absolute Gasteiger partial charge is 0.497 e. The number of hydrogen-bond acceptors (Lipinski definition) is 6. The van der Waals surface area contributed by atoms with E-state index in [2.05, 4.69) is 15.5 Å². The molecule has 0 aliphatic carbocycles. The lowest BCUT2D eigenvalue weighted by atomic mass is 10.2. The maximum atomic E-state index is 12.0. The molecule has 7 nitrogen and oxygen atoms in total. The minimum atomic E-state index is -0.386. The number of methoxy groups -OCH3 is 1. The van der Waals surface area contributed by atoms with Gasteiger partial charge in [-0.1, -0.05) is 0 Å². The van der Waals surface area contributed by atoms with Gasteiger partial charge in [0.1, 0.15) is 5.75 Å². The lowest BCUT2D eigenvalue weighted by molar-refractivity contribution is 0.0830. The van der Waals surface area contributed by atoms with Crippen molar-refractivity contribution in [3.8, 4) is 17.2 Å². The zero-order chi connectivity index (χ0) is 15.4. The van der Waals surface area contributed by atoms with Crippen molar-refractivity contribution in [2.75, 3.05) is 20.3 Å². The summed E-state index contributed by atoms with van der Waals surface area (Å²) in [7, 11) is 1.60. The smallest absolute Gasteiger partial charge is 0.308 e. The minimum absolute atomic E-state index is 0.0520. The van der Waals surface area contributed by atoms with Crippen LogP contribution >= 0.6 is 0 Å². The van der Waals surface area contributed by atoms with E-state index in [-0.39, 0.29) is 17.9 Å². The Morgan fingerprint density at radius 3 is 2.86 bits per heavy atom. The number of hydrogen-bond donors (Lipinski definition) is 1. The Labute approximate surface area is 127 Å². The van der Waals surface area contributed by atoms with Gasteiger partial charge in [0, 0.05) is 18.7 Å². The van der Waals surface area contributed by atoms with Crippen LogP contribution in [0.1, 0.15) is 23.5 Å². The monoisotopic (exact) mass is 303 g/mol. The molecule has 1 aliphatic heterocycles. The number of benzene rings is 1. The molecule has 0 bridgehead atoms. The number of nitrogens with one attached hydrogen (secondary N) is 1. The highest BCUT2D eigenvalue weighted by molar-refractivity contribution is 5.89. The predicted molar refractivity (Wildman–Crippen MR) is 77.6 cm³/mol. The van der Waals surface area contributed by atoms with Crippen LogP contribution in [-0.4, -0.2) is 42.5 Å². The first-order valence-corrected chi connectivity index (χ1v) is 7.14. The Morgan fingerprint density at radius 1 is 1.36 bits per heavy atom. The van der Waals surface area contributed by atoms with Gasteiger partial charge in [0.05, 0.1) is 13.2 Å². The molecule has 0 saturated carbocycles. The molecule has 2 aromatic rings. The number of carbonyl (C=O) groups excluding carboxylic acids is 1. The molecule has 7 heteroatoms. The molecule has 1 amide bonds. The first-order valence-electron chi connectivity index (χ1n) is 7.14. The molecule has 1 N–H and O–H groups in total. The van der Waals surface area contributed by atoms with E-state index in [9.17, 15) is 4.79 Å². The molecule has 3 rings (SSSR count). The average Bonchev–Trinajstić information content (AvgIpc) is 3.24. The van der Waals surface area contributed by atoms with Crippen LogP contribution in [0.5, 0.6) is 5.75 Å². The van der Waals surface area contributed by atoms with Gasteiger partial charge in [0.2, 0.25) is 5.89 Å². The summed E-state index contributed by atoms with van der Waals surface area (Å²) in [5.41, 5.74) is 0.728. The average molecular weight is 303 g/mol. The van der Waals surface area contributed by atoms with Crippen molar-refractivity contribution in [3.63, 3.8) is 0 Å². The lowest BCUT2D eigenvalue weighted by Crippen LogP contribution is -2.31. The summed E-state index contributed by atoms with van der Waals surface area (Å²) in [6, 6.07) is 7.16. The normalized spacial score (nSPS) is 17.4. The number of carbonyl (C=O) groups is 1. The second kappa shape index (κ2) is 6.57. The van der Waals surface area contributed by atoms with Gasteiger partial charge in [-0.2, -0.15) is 0 Å². The van der Waals surface area contributed by atoms with Crippen LogP contribution in [0.4, 0.5) is 0 Å². The van der Waals surface area contributed by atoms with Gasteiger partial charge in [-0.3, -0.25) is 4.79 Å². The summed E-state index contributed by atoms with van der Waals surface area (Å²) in [6.07, 6.45) is 2.07. The first-order chi connectivity index (χ1) is 10.8. The van der Waals surface area contributed by atoms with Gasteiger partial charge in [-0.05, 0) is 37.1 Å². The van der Waals surface area contributed by atoms with Crippen LogP contribution in [0.3, 0.4) is 0 Å². The Kier molecular flexibility index (Phi) is 4.34. The number of nitrogens with zero attached hydrogens (tertiary/aromatic N) is 2. The van der Waals surface area contributed by atoms with Crippen LogP contribution < -0.4 is 10.1 Å². The molecular formula is C15H17N3O4. The summed E-state index contributed by atoms with van der Waals surface area (Å²) in [6.45, 7) is 1.21. The first kappa shape index (κ1) is 14.5. The zero-order valence-electron chi connectivity index (χ0n) is 12.2. The summed E-state index contributed by atoms with van der Waals surface area (Å²) in [5.74, 6) is 0.592. The third kappa shape index (κ3) is 3.25. The van der Waals surface area contributed by atoms with Crippen molar-refractivity contribution in [2.45, 2.75) is 18.9 Å². The second-order valence-corrected chi connectivity index (χ2v) is 4.99. The Morgan fingerprint density at radius 2 is 2.18 bits per heavy atom. The van der Waals surface area contributed by atoms with Crippen molar-refractivity contribution in [1.29, 1.82) is 0 Å². The van der Waals surface area contributed by atoms with E-state index in [0.717, 1.165) is 30.8 Å². The van der Waals surface area contributed by atoms with E-state index in [1.54, 1.807) is 31.4 Å². The molecule has 1 saturated heterocycles. The fourth-order valence-corrected chi connectivity index (χ4v) is 2.25. The third-order valence-corrected chi connectivity index (χ3v) is 3.47. The van der Waals surface area contributed by atoms with Crippen molar-refractivity contribution in [2.24, 2.45) is 0 Å². The van der Waals surface area contributed by atoms with Crippen molar-refractivity contribution in [1.82, 2.24) is 15.5 Å². The molecule has 0 spiro atoms. The Hall–Kier alpha value is -2.41. The third-order valence-electron chi connectivity index (χ3n) is 3.47. The van der Waals surface area contributed by atoms with Gasteiger partial charge in [0.25, 0.3) is 0 Å². The van der Waals surface area contributed by atoms with Gasteiger partial charge >= 0.3 is 11.8 Å². The van der Waals surface area contributed by atoms with Crippen LogP contribution in [0.2, 0.25) is 0 Å². The minimum Gasteiger partial charge on any atom is -0.497 e. The molecule has 1 aromatic carbocycles. The van der Waals surface area contributed by atoms with Crippen LogP contribution in [0, 0.1) is 0 Å². The number of amides is 1. The highest BCUT2D eigenvalue weighted by Crippen LogP contribution is 2.21. The summed E-state index contributed by atoms with van der Waals surface area (Å²) >= 11 is 0. The second-order valence-electron chi connectivity index (χ2n) is 4.99. The molecule has 0 radical (unpaired) electrons. The summed E-state index contributed by atoms with van der Waals surface area (Å²) in [4.78, 5) is 12.0. The van der Waals surface area contributed by atoms with Crippen LogP contribution in [-0.2, 0) is 4.74 Å². The van der Waals surface area contributed by atoms with E-state index < -0.39 is 0 Å². The Bertz CT molecular complexity index is 632. The summed E-state index contributed by atoms with van der Waals surface area (Å²) < 4.78 is 15.9. The molecule has 22 heavy (non-hydrogen) atoms. The van der Waals surface area contributed by atoms with E-state index in [0.29, 0.717) is 12.4 Å². The predicted octanol–water partition coefficient (Wildman–Crippen LogP) is 1.65. The van der Waals surface area contributed by atoms with Gasteiger partial charge < -0.3 is 19.2 Å². The van der Waals surface area contributed by atoms with Crippen LogP contribution in [0.25, 0.3) is 11.5 Å². The fourth-order valence-electron chi connectivity index (χ4n) is 2.25. The van der Waals surface area contributed by atoms with E-state index >= 15 is 0 Å². The maximum Gasteiger partial charge on any atom is 0.308 e. The molecule has 1 aromatic heterocycles. The fraction of sp³-hybridized carbons (Fsp3) is 0.400. The number of aromatic nitrogens is 2. The van der Waals surface area contributed by atoms with Crippen molar-refractivity contribution >= 4 is 5.91 Å². The molecule has 116 valence electrons. The molecule has 1 atom stereocenters. The quantitative estimate of drug-likeness (QED) is 0.904. The molecular weight excluding hydrogens is 286 g/mol. The maximum absolute atomic E-state index is 12.0. The highest BCUT2D eigenvalue weighted by Gasteiger charge is 2.20. The van der Waals surface area contributed by atoms with Crippen molar-refractivity contribution < 1.29 is 18.7 Å². The van der Waals surface area contributed by atoms with E-state index in [1.165, 1.54) is 0 Å². The number of rotatable bonds is 5. The molecule has 1 unspecified atom stereocenters. The highest BCUT2D eigenvalue weighted by atomic mass is 16.5. The van der Waals surface area contributed by atoms with Gasteiger partial charge in [0.15, 0.2) is 0 Å².